The average Bonchev–Trinajstić information content (AvgIpc) is 2.56. The van der Waals surface area contributed by atoms with Gasteiger partial charge < -0.3 is 24.6 Å². The minimum Gasteiger partial charge on any atom is -0.480 e. The van der Waals surface area contributed by atoms with Crippen LogP contribution in [0.2, 0.25) is 0 Å². The lowest BCUT2D eigenvalue weighted by molar-refractivity contribution is -0.145. The third kappa shape index (κ3) is 18.5. The molecule has 0 unspecified atom stereocenters. The highest BCUT2D eigenvalue weighted by Gasteiger charge is 2.04. The normalized spacial score (nSPS) is 10.4. The van der Waals surface area contributed by atoms with E-state index >= 15 is 0 Å². The van der Waals surface area contributed by atoms with Crippen molar-refractivity contribution in [3.05, 3.63) is 0 Å². The summed E-state index contributed by atoms with van der Waals surface area (Å²) in [7, 11) is 0. The van der Waals surface area contributed by atoms with Gasteiger partial charge in [-0.1, -0.05) is 39.0 Å². The molecule has 0 aliphatic rings. The first-order chi connectivity index (χ1) is 12.1. The summed E-state index contributed by atoms with van der Waals surface area (Å²) in [6.45, 7) is 2.39. The van der Waals surface area contributed by atoms with E-state index in [1.807, 2.05) is 0 Å². The number of hydrogen-bond acceptors (Lipinski definition) is 6. The molecule has 0 bridgehead atoms. The number of aliphatic carboxylic acids is 1. The number of ether oxygens (including phenoxy) is 3. The summed E-state index contributed by atoms with van der Waals surface area (Å²) in [5.74, 6) is -1.74. The molecular formula is C17H31NO7. The first-order valence-corrected chi connectivity index (χ1v) is 8.85. The van der Waals surface area contributed by atoms with Crippen LogP contribution in [-0.2, 0) is 28.6 Å². The second-order valence-corrected chi connectivity index (χ2v) is 5.59. The molecule has 0 rings (SSSR count). The molecule has 0 aromatic heterocycles. The van der Waals surface area contributed by atoms with E-state index in [2.05, 4.69) is 17.0 Å². The van der Waals surface area contributed by atoms with Crippen LogP contribution in [0.1, 0.15) is 51.9 Å². The van der Waals surface area contributed by atoms with Gasteiger partial charge in [-0.15, -0.1) is 0 Å². The van der Waals surface area contributed by atoms with Crippen molar-refractivity contribution in [1.82, 2.24) is 5.32 Å². The molecule has 0 aliphatic carbocycles. The van der Waals surface area contributed by atoms with Crippen molar-refractivity contribution >= 4 is 17.8 Å². The fourth-order valence-electron chi connectivity index (χ4n) is 1.98. The predicted molar refractivity (Wildman–Crippen MR) is 91.2 cm³/mol. The van der Waals surface area contributed by atoms with Crippen LogP contribution in [0.4, 0.5) is 0 Å². The highest BCUT2D eigenvalue weighted by Crippen LogP contribution is 2.07. The van der Waals surface area contributed by atoms with E-state index in [0.29, 0.717) is 6.42 Å². The summed E-state index contributed by atoms with van der Waals surface area (Å²) in [5.41, 5.74) is 0. The van der Waals surface area contributed by atoms with Crippen LogP contribution in [0.3, 0.4) is 0 Å². The van der Waals surface area contributed by atoms with Crippen LogP contribution in [0.25, 0.3) is 0 Å². The minimum atomic E-state index is -1.12. The van der Waals surface area contributed by atoms with Crippen LogP contribution in [0, 0.1) is 0 Å². The third-order valence-electron chi connectivity index (χ3n) is 3.25. The van der Waals surface area contributed by atoms with Crippen molar-refractivity contribution < 1.29 is 33.7 Å². The maximum atomic E-state index is 11.5. The van der Waals surface area contributed by atoms with Gasteiger partial charge in [-0.2, -0.15) is 0 Å². The van der Waals surface area contributed by atoms with E-state index in [1.165, 1.54) is 19.3 Å². The molecule has 8 nitrogen and oxygen atoms in total. The maximum absolute atomic E-state index is 11.5. The fraction of sp³-hybridized carbons (Fsp3) is 0.824. The van der Waals surface area contributed by atoms with Gasteiger partial charge in [0.15, 0.2) is 0 Å². The van der Waals surface area contributed by atoms with Gasteiger partial charge in [0.2, 0.25) is 5.91 Å². The number of carboxylic acids is 1. The summed E-state index contributed by atoms with van der Waals surface area (Å²) in [6.07, 6.45) is 7.21. The minimum absolute atomic E-state index is 0.199. The Morgan fingerprint density at radius 3 is 2.32 bits per heavy atom. The van der Waals surface area contributed by atoms with E-state index in [1.54, 1.807) is 0 Å². The molecule has 0 aromatic carbocycles. The number of rotatable bonds is 17. The van der Waals surface area contributed by atoms with Crippen LogP contribution in [0.15, 0.2) is 0 Å². The molecular weight excluding hydrogens is 330 g/mol. The van der Waals surface area contributed by atoms with Gasteiger partial charge >= 0.3 is 11.9 Å². The van der Waals surface area contributed by atoms with Gasteiger partial charge in [0, 0.05) is 13.0 Å². The van der Waals surface area contributed by atoms with Crippen LogP contribution >= 0.6 is 0 Å². The smallest absolute Gasteiger partial charge is 0.329 e. The molecule has 0 aromatic rings. The Bertz CT molecular complexity index is 374. The Morgan fingerprint density at radius 1 is 0.880 bits per heavy atom. The third-order valence-corrected chi connectivity index (χ3v) is 3.25. The van der Waals surface area contributed by atoms with E-state index < -0.39 is 18.5 Å². The lowest BCUT2D eigenvalue weighted by atomic mass is 10.1. The lowest BCUT2D eigenvalue weighted by Gasteiger charge is -2.07. The average molecular weight is 361 g/mol. The van der Waals surface area contributed by atoms with E-state index in [0.717, 1.165) is 19.3 Å². The molecule has 0 radical (unpaired) electrons. The van der Waals surface area contributed by atoms with Crippen LogP contribution < -0.4 is 5.32 Å². The zero-order valence-electron chi connectivity index (χ0n) is 15.1. The predicted octanol–water partition coefficient (Wildman–Crippen LogP) is 1.51. The SMILES string of the molecule is CCCCCCCCC(=O)OCCOCCNC(=O)COCC(=O)O. The number of carboxylic acid groups (broad SMARTS) is 1. The van der Waals surface area contributed by atoms with Gasteiger partial charge in [-0.3, -0.25) is 9.59 Å². The monoisotopic (exact) mass is 361 g/mol. The molecule has 0 saturated heterocycles. The Morgan fingerprint density at radius 2 is 1.60 bits per heavy atom. The van der Waals surface area contributed by atoms with Crippen molar-refractivity contribution in [2.24, 2.45) is 0 Å². The quantitative estimate of drug-likeness (QED) is 0.298. The van der Waals surface area contributed by atoms with Gasteiger partial charge in [-0.05, 0) is 6.42 Å². The van der Waals surface area contributed by atoms with Crippen molar-refractivity contribution in [2.45, 2.75) is 51.9 Å². The number of hydrogen-bond donors (Lipinski definition) is 2. The van der Waals surface area contributed by atoms with E-state index in [9.17, 15) is 14.4 Å². The van der Waals surface area contributed by atoms with Crippen molar-refractivity contribution in [3.8, 4) is 0 Å². The molecule has 0 atom stereocenters. The van der Waals surface area contributed by atoms with Gasteiger partial charge in [0.05, 0.1) is 13.2 Å². The molecule has 0 heterocycles. The highest BCUT2D eigenvalue weighted by molar-refractivity contribution is 5.77. The second-order valence-electron chi connectivity index (χ2n) is 5.59. The molecule has 2 N–H and O–H groups in total. The summed E-state index contributed by atoms with van der Waals surface area (Å²) < 4.78 is 14.9. The molecule has 8 heteroatoms. The molecule has 1 amide bonds. The summed E-state index contributed by atoms with van der Waals surface area (Å²) in [5, 5.41) is 10.9. The van der Waals surface area contributed by atoms with Gasteiger partial charge in [0.25, 0.3) is 0 Å². The first-order valence-electron chi connectivity index (χ1n) is 8.85. The summed E-state index contributed by atoms with van der Waals surface area (Å²) in [4.78, 5) is 32.9. The summed E-state index contributed by atoms with van der Waals surface area (Å²) >= 11 is 0. The van der Waals surface area contributed by atoms with Crippen molar-refractivity contribution in [2.75, 3.05) is 39.6 Å². The van der Waals surface area contributed by atoms with Crippen LogP contribution in [-0.4, -0.2) is 62.5 Å². The largest absolute Gasteiger partial charge is 0.480 e. The topological polar surface area (TPSA) is 111 Å². The molecule has 0 fully saturated rings. The Labute approximate surface area is 149 Å². The molecule has 25 heavy (non-hydrogen) atoms. The van der Waals surface area contributed by atoms with E-state index in [4.69, 9.17) is 14.6 Å². The number of amides is 1. The zero-order chi connectivity index (χ0) is 18.8. The summed E-state index contributed by atoms with van der Waals surface area (Å²) in [6, 6.07) is 0. The van der Waals surface area contributed by atoms with Gasteiger partial charge in [-0.25, -0.2) is 4.79 Å². The van der Waals surface area contributed by atoms with Crippen molar-refractivity contribution in [1.29, 1.82) is 0 Å². The van der Waals surface area contributed by atoms with E-state index in [-0.39, 0.29) is 38.9 Å². The second kappa shape index (κ2) is 17.2. The highest BCUT2D eigenvalue weighted by atomic mass is 16.6. The van der Waals surface area contributed by atoms with Gasteiger partial charge in [0.1, 0.15) is 19.8 Å². The Hall–Kier alpha value is -1.67. The molecule has 0 saturated carbocycles. The Kier molecular flexibility index (Phi) is 16.0. The Balaban J connectivity index is 3.30. The fourth-order valence-corrected chi connectivity index (χ4v) is 1.98. The lowest BCUT2D eigenvalue weighted by Crippen LogP contribution is -2.31. The molecule has 0 aliphatic heterocycles. The first kappa shape index (κ1) is 23.3. The number of esters is 1. The molecule has 0 spiro atoms. The maximum Gasteiger partial charge on any atom is 0.329 e. The standard InChI is InChI=1S/C17H31NO7/c1-2-3-4-5-6-7-8-17(22)25-12-11-23-10-9-18-15(19)13-24-14-16(20)21/h2-14H2,1H3,(H,18,19)(H,20,21). The van der Waals surface area contributed by atoms with Crippen molar-refractivity contribution in [3.63, 3.8) is 0 Å². The number of unbranched alkanes of at least 4 members (excludes halogenated alkanes) is 5. The number of carbonyl (C=O) groups excluding carboxylic acids is 2. The number of nitrogens with one attached hydrogen (secondary N) is 1. The van der Waals surface area contributed by atoms with Crippen LogP contribution in [0.5, 0.6) is 0 Å². The number of carbonyl (C=O) groups is 3. The zero-order valence-corrected chi connectivity index (χ0v) is 15.1. The molecule has 146 valence electrons.